The van der Waals surface area contributed by atoms with Gasteiger partial charge in [0.1, 0.15) is 6.61 Å². The van der Waals surface area contributed by atoms with Crippen molar-refractivity contribution < 1.29 is 23.1 Å². The van der Waals surface area contributed by atoms with Crippen molar-refractivity contribution in [1.82, 2.24) is 0 Å². The predicted molar refractivity (Wildman–Crippen MR) is 31.7 cm³/mol. The molecule has 0 aromatic rings. The Kier molecular flexibility index (Phi) is 3.14. The molecular formula is C4H7O5S. The molecule has 0 atom stereocenters. The van der Waals surface area contributed by atoms with Crippen LogP contribution in [0.5, 0.6) is 0 Å². The monoisotopic (exact) mass is 167 g/mol. The third-order valence-electron chi connectivity index (χ3n) is 0.674. The number of ether oxygens (including phenoxy) is 1. The number of carbonyl (C=O) groups is 1. The standard InChI is InChI=1S/C4H7O5S/c1-10(7,8)3-2-9-4(5)6/h2-3H2,1H3. The summed E-state index contributed by atoms with van der Waals surface area (Å²) in [4.78, 5) is 9.56. The summed E-state index contributed by atoms with van der Waals surface area (Å²) in [7, 11) is -3.14. The number of carbonyl (C=O) groups excluding carboxylic acids is 1. The predicted octanol–water partition coefficient (Wildman–Crippen LogP) is -0.402. The minimum Gasteiger partial charge on any atom is -0.431 e. The van der Waals surface area contributed by atoms with Crippen LogP contribution in [0, 0.1) is 0 Å². The van der Waals surface area contributed by atoms with Gasteiger partial charge in [-0.25, -0.2) is 8.42 Å². The van der Waals surface area contributed by atoms with E-state index < -0.39 is 16.0 Å². The van der Waals surface area contributed by atoms with Crippen LogP contribution in [0.1, 0.15) is 0 Å². The van der Waals surface area contributed by atoms with E-state index in [4.69, 9.17) is 0 Å². The Hall–Kier alpha value is -0.780. The molecule has 0 unspecified atom stereocenters. The summed E-state index contributed by atoms with van der Waals surface area (Å²) in [5.41, 5.74) is 0. The average molecular weight is 167 g/mol. The molecule has 0 aliphatic rings. The fourth-order valence-corrected chi connectivity index (χ4v) is 0.662. The minimum absolute atomic E-state index is 0.305. The van der Waals surface area contributed by atoms with E-state index in [1.165, 1.54) is 0 Å². The van der Waals surface area contributed by atoms with Crippen LogP contribution in [0.3, 0.4) is 0 Å². The lowest BCUT2D eigenvalue weighted by Gasteiger charge is -1.95. The first-order valence-corrected chi connectivity index (χ1v) is 4.49. The molecule has 0 aliphatic heterocycles. The van der Waals surface area contributed by atoms with Gasteiger partial charge in [0.2, 0.25) is 0 Å². The van der Waals surface area contributed by atoms with Gasteiger partial charge < -0.3 is 4.74 Å². The van der Waals surface area contributed by atoms with E-state index >= 15 is 0 Å². The molecule has 0 bridgehead atoms. The van der Waals surface area contributed by atoms with Crippen LogP contribution < -0.4 is 0 Å². The van der Waals surface area contributed by atoms with Gasteiger partial charge in [-0.05, 0) is 0 Å². The number of hydrogen-bond donors (Lipinski definition) is 0. The van der Waals surface area contributed by atoms with E-state index in [1.807, 2.05) is 0 Å². The van der Waals surface area contributed by atoms with Gasteiger partial charge in [0.15, 0.2) is 9.84 Å². The van der Waals surface area contributed by atoms with Crippen molar-refractivity contribution in [3.05, 3.63) is 0 Å². The molecular weight excluding hydrogens is 160 g/mol. The highest BCUT2D eigenvalue weighted by molar-refractivity contribution is 7.90. The lowest BCUT2D eigenvalue weighted by Crippen LogP contribution is -2.12. The van der Waals surface area contributed by atoms with Crippen molar-refractivity contribution in [3.8, 4) is 0 Å². The molecule has 0 aromatic carbocycles. The van der Waals surface area contributed by atoms with E-state index in [-0.39, 0.29) is 12.4 Å². The van der Waals surface area contributed by atoms with Crippen LogP contribution in [-0.2, 0) is 19.7 Å². The molecule has 10 heavy (non-hydrogen) atoms. The van der Waals surface area contributed by atoms with Crippen LogP contribution in [0.2, 0.25) is 0 Å². The Labute approximate surface area is 58.5 Å². The SMILES string of the molecule is CS(=O)(=O)CCOC([O])=O. The molecule has 0 aliphatic carbocycles. The zero-order chi connectivity index (χ0) is 8.20. The van der Waals surface area contributed by atoms with E-state index in [2.05, 4.69) is 4.74 Å². The van der Waals surface area contributed by atoms with Gasteiger partial charge in [0, 0.05) is 6.26 Å². The Morgan fingerprint density at radius 3 is 2.30 bits per heavy atom. The Morgan fingerprint density at radius 2 is 2.00 bits per heavy atom. The van der Waals surface area contributed by atoms with Crippen molar-refractivity contribution in [2.75, 3.05) is 18.6 Å². The van der Waals surface area contributed by atoms with Gasteiger partial charge in [0.25, 0.3) is 0 Å². The number of sulfone groups is 1. The third kappa shape index (κ3) is 7.22. The summed E-state index contributed by atoms with van der Waals surface area (Å²) in [5.74, 6) is -0.305. The van der Waals surface area contributed by atoms with Crippen molar-refractivity contribution >= 4 is 16.0 Å². The van der Waals surface area contributed by atoms with Gasteiger partial charge in [-0.3, -0.25) is 0 Å². The Bertz CT molecular complexity index is 204. The summed E-state index contributed by atoms with van der Waals surface area (Å²) in [6.45, 7) is -0.360. The van der Waals surface area contributed by atoms with Crippen LogP contribution in [0.4, 0.5) is 4.79 Å². The van der Waals surface area contributed by atoms with E-state index in [1.54, 1.807) is 0 Å². The quantitative estimate of drug-likeness (QED) is 0.535. The maximum Gasteiger partial charge on any atom is 0.550 e. The first kappa shape index (κ1) is 9.22. The summed E-state index contributed by atoms with van der Waals surface area (Å²) in [6.07, 6.45) is -0.713. The van der Waals surface area contributed by atoms with E-state index in [0.717, 1.165) is 6.26 Å². The maximum absolute atomic E-state index is 10.3. The Balaban J connectivity index is 3.49. The van der Waals surface area contributed by atoms with Gasteiger partial charge in [0.05, 0.1) is 5.75 Å². The summed E-state index contributed by atoms with van der Waals surface area (Å²) in [6, 6.07) is 0. The van der Waals surface area contributed by atoms with Crippen molar-refractivity contribution in [3.63, 3.8) is 0 Å². The first-order valence-electron chi connectivity index (χ1n) is 2.43. The molecule has 0 amide bonds. The van der Waals surface area contributed by atoms with Crippen LogP contribution in [-0.4, -0.2) is 33.2 Å². The van der Waals surface area contributed by atoms with E-state index in [0.29, 0.717) is 0 Å². The third-order valence-corrected chi connectivity index (χ3v) is 1.58. The fourth-order valence-electron chi connectivity index (χ4n) is 0.276. The first-order chi connectivity index (χ1) is 4.42. The molecule has 6 heteroatoms. The molecule has 0 heterocycles. The normalized spacial score (nSPS) is 10.9. The molecule has 0 saturated heterocycles. The van der Waals surface area contributed by atoms with E-state index in [9.17, 15) is 18.3 Å². The molecule has 59 valence electrons. The summed E-state index contributed by atoms with van der Waals surface area (Å²) in [5, 5.41) is 9.56. The molecule has 0 spiro atoms. The smallest absolute Gasteiger partial charge is 0.431 e. The molecule has 0 aromatic heterocycles. The van der Waals surface area contributed by atoms with Gasteiger partial charge in [-0.15, -0.1) is 0 Å². The fraction of sp³-hybridized carbons (Fsp3) is 0.750. The van der Waals surface area contributed by atoms with Crippen molar-refractivity contribution in [2.24, 2.45) is 0 Å². The summed E-state index contributed by atoms with van der Waals surface area (Å²) < 4.78 is 24.5. The van der Waals surface area contributed by atoms with Gasteiger partial charge >= 0.3 is 6.16 Å². The molecule has 5 nitrogen and oxygen atoms in total. The minimum atomic E-state index is -3.14. The second-order valence-electron chi connectivity index (χ2n) is 1.73. The zero-order valence-corrected chi connectivity index (χ0v) is 6.18. The molecule has 0 N–H and O–H groups in total. The lowest BCUT2D eigenvalue weighted by molar-refractivity contribution is 0.0728. The summed E-state index contributed by atoms with van der Waals surface area (Å²) >= 11 is 0. The number of rotatable bonds is 3. The van der Waals surface area contributed by atoms with Crippen LogP contribution >= 0.6 is 0 Å². The lowest BCUT2D eigenvalue weighted by atomic mass is 10.9. The highest BCUT2D eigenvalue weighted by Gasteiger charge is 2.04. The van der Waals surface area contributed by atoms with Gasteiger partial charge in [-0.1, -0.05) is 0 Å². The number of hydrogen-bond acceptors (Lipinski definition) is 4. The Morgan fingerprint density at radius 1 is 1.50 bits per heavy atom. The van der Waals surface area contributed by atoms with Crippen molar-refractivity contribution in [2.45, 2.75) is 0 Å². The molecule has 0 rings (SSSR count). The topological polar surface area (TPSA) is 80.3 Å². The van der Waals surface area contributed by atoms with Crippen LogP contribution in [0.15, 0.2) is 0 Å². The van der Waals surface area contributed by atoms with Gasteiger partial charge in [-0.2, -0.15) is 9.90 Å². The van der Waals surface area contributed by atoms with Crippen molar-refractivity contribution in [1.29, 1.82) is 0 Å². The zero-order valence-electron chi connectivity index (χ0n) is 5.36. The largest absolute Gasteiger partial charge is 0.550 e. The molecule has 1 radical (unpaired) electrons. The second-order valence-corrected chi connectivity index (χ2v) is 3.99. The average Bonchev–Trinajstić information content (AvgIpc) is 1.59. The molecule has 0 fully saturated rings. The van der Waals surface area contributed by atoms with Crippen LogP contribution in [0.25, 0.3) is 0 Å². The highest BCUT2D eigenvalue weighted by atomic mass is 32.2. The maximum atomic E-state index is 10.3. The molecule has 0 saturated carbocycles. The highest BCUT2D eigenvalue weighted by Crippen LogP contribution is 1.84. The second kappa shape index (κ2) is 3.40.